The Morgan fingerprint density at radius 2 is 2.30 bits per heavy atom. The summed E-state index contributed by atoms with van der Waals surface area (Å²) in [5.74, 6) is 1.59. The average molecular weight is 290 g/mol. The normalized spacial score (nSPS) is 14.1. The second-order valence-corrected chi connectivity index (χ2v) is 5.26. The van der Waals surface area contributed by atoms with E-state index in [4.69, 9.17) is 9.47 Å². The van der Waals surface area contributed by atoms with Crippen molar-refractivity contribution in [2.45, 2.75) is 25.7 Å². The first-order chi connectivity index (χ1) is 9.76. The number of carbonyl (C=O) groups excluding carboxylic acids is 1. The molecule has 0 aliphatic heterocycles. The lowest BCUT2D eigenvalue weighted by Gasteiger charge is -2.04. The summed E-state index contributed by atoms with van der Waals surface area (Å²) in [6.45, 7) is 2.13. The third-order valence-electron chi connectivity index (χ3n) is 2.92. The molecule has 0 saturated heterocycles. The number of aromatic nitrogens is 2. The van der Waals surface area contributed by atoms with Crippen molar-refractivity contribution in [1.29, 1.82) is 0 Å². The summed E-state index contributed by atoms with van der Waals surface area (Å²) < 4.78 is 14.9. The number of ether oxygens (including phenoxy) is 2. The Labute approximate surface area is 120 Å². The van der Waals surface area contributed by atoms with Gasteiger partial charge in [-0.3, -0.25) is 0 Å². The molecule has 1 aromatic heterocycles. The molecule has 104 valence electrons. The molecule has 1 aromatic carbocycles. The summed E-state index contributed by atoms with van der Waals surface area (Å²) >= 11 is 1.24. The van der Waals surface area contributed by atoms with Gasteiger partial charge < -0.3 is 9.47 Å². The molecule has 1 saturated carbocycles. The maximum absolute atomic E-state index is 11.6. The van der Waals surface area contributed by atoms with Crippen molar-refractivity contribution in [1.82, 2.24) is 9.36 Å². The number of hydrogen-bond donors (Lipinski definition) is 0. The largest absolute Gasteiger partial charge is 0.462 e. The molecule has 1 aliphatic carbocycles. The summed E-state index contributed by atoms with van der Waals surface area (Å²) in [7, 11) is 0. The van der Waals surface area contributed by atoms with Crippen LogP contribution in [0.15, 0.2) is 24.3 Å². The minimum Gasteiger partial charge on any atom is -0.462 e. The molecular weight excluding hydrogens is 276 g/mol. The third-order valence-corrected chi connectivity index (χ3v) is 3.53. The van der Waals surface area contributed by atoms with Gasteiger partial charge >= 0.3 is 5.97 Å². The topological polar surface area (TPSA) is 61.3 Å². The highest BCUT2D eigenvalue weighted by Crippen LogP contribution is 2.40. The number of benzene rings is 1. The molecule has 1 fully saturated rings. The standard InChI is InChI=1S/C14H14N2O3S/c1-2-18-13(17)10-4-3-5-11(8-10)19-14-15-12(16-20-14)9-6-7-9/h3-5,8-9H,2,6-7H2,1H3. The molecule has 0 atom stereocenters. The first-order valence-electron chi connectivity index (χ1n) is 6.55. The lowest BCUT2D eigenvalue weighted by molar-refractivity contribution is 0.0526. The Kier molecular flexibility index (Phi) is 3.64. The Bertz CT molecular complexity index is 622. The van der Waals surface area contributed by atoms with Gasteiger partial charge in [0.05, 0.1) is 12.2 Å². The maximum atomic E-state index is 11.6. The number of rotatable bonds is 5. The predicted octanol–water partition coefficient (Wildman–Crippen LogP) is 3.38. The highest BCUT2D eigenvalue weighted by atomic mass is 32.1. The van der Waals surface area contributed by atoms with Crippen molar-refractivity contribution in [2.75, 3.05) is 6.61 Å². The zero-order valence-corrected chi connectivity index (χ0v) is 11.9. The molecule has 0 amide bonds. The molecule has 1 aliphatic rings. The Morgan fingerprint density at radius 3 is 3.05 bits per heavy atom. The second-order valence-electron chi connectivity index (χ2n) is 4.54. The van der Waals surface area contributed by atoms with Crippen LogP contribution >= 0.6 is 11.5 Å². The summed E-state index contributed by atoms with van der Waals surface area (Å²) in [5, 5.41) is 0.507. The van der Waals surface area contributed by atoms with Gasteiger partial charge in [0.15, 0.2) is 0 Å². The summed E-state index contributed by atoms with van der Waals surface area (Å²) in [6, 6.07) is 6.88. The van der Waals surface area contributed by atoms with Crippen LogP contribution in [0.2, 0.25) is 0 Å². The molecule has 5 nitrogen and oxygen atoms in total. The Balaban J connectivity index is 1.72. The van der Waals surface area contributed by atoms with E-state index in [1.807, 2.05) is 0 Å². The molecule has 20 heavy (non-hydrogen) atoms. The number of hydrogen-bond acceptors (Lipinski definition) is 6. The van der Waals surface area contributed by atoms with Gasteiger partial charge in [-0.15, -0.1) is 0 Å². The minimum absolute atomic E-state index is 0.352. The molecular formula is C14H14N2O3S. The Morgan fingerprint density at radius 1 is 1.45 bits per heavy atom. The third kappa shape index (κ3) is 2.96. The lowest BCUT2D eigenvalue weighted by atomic mass is 10.2. The van der Waals surface area contributed by atoms with Crippen LogP contribution in [-0.4, -0.2) is 21.9 Å². The Hall–Kier alpha value is -1.95. The fraction of sp³-hybridized carbons (Fsp3) is 0.357. The van der Waals surface area contributed by atoms with Crippen molar-refractivity contribution in [2.24, 2.45) is 0 Å². The van der Waals surface area contributed by atoms with Crippen LogP contribution in [0.4, 0.5) is 0 Å². The molecule has 0 spiro atoms. The van der Waals surface area contributed by atoms with E-state index in [2.05, 4.69) is 9.36 Å². The number of nitrogens with zero attached hydrogens (tertiary/aromatic N) is 2. The molecule has 0 unspecified atom stereocenters. The summed E-state index contributed by atoms with van der Waals surface area (Å²) in [4.78, 5) is 16.0. The molecule has 6 heteroatoms. The first kappa shape index (κ1) is 13.1. The monoisotopic (exact) mass is 290 g/mol. The number of carbonyl (C=O) groups is 1. The van der Waals surface area contributed by atoms with Gasteiger partial charge in [0.1, 0.15) is 11.6 Å². The first-order valence-corrected chi connectivity index (χ1v) is 7.32. The zero-order chi connectivity index (χ0) is 13.9. The van der Waals surface area contributed by atoms with E-state index in [1.54, 1.807) is 31.2 Å². The lowest BCUT2D eigenvalue weighted by Crippen LogP contribution is -2.04. The molecule has 2 aromatic rings. The van der Waals surface area contributed by atoms with E-state index < -0.39 is 0 Å². The molecule has 3 rings (SSSR count). The van der Waals surface area contributed by atoms with Gasteiger partial charge in [-0.1, -0.05) is 6.07 Å². The quantitative estimate of drug-likeness (QED) is 0.790. The van der Waals surface area contributed by atoms with Gasteiger partial charge in [0.2, 0.25) is 0 Å². The van der Waals surface area contributed by atoms with Crippen LogP contribution in [0.3, 0.4) is 0 Å². The summed E-state index contributed by atoms with van der Waals surface area (Å²) in [6.07, 6.45) is 2.32. The smallest absolute Gasteiger partial charge is 0.338 e. The van der Waals surface area contributed by atoms with Gasteiger partial charge in [-0.05, 0) is 38.0 Å². The van der Waals surface area contributed by atoms with Crippen LogP contribution in [-0.2, 0) is 4.74 Å². The van der Waals surface area contributed by atoms with Crippen molar-refractivity contribution < 1.29 is 14.3 Å². The van der Waals surface area contributed by atoms with Gasteiger partial charge in [-0.25, -0.2) is 4.79 Å². The minimum atomic E-state index is -0.353. The van der Waals surface area contributed by atoms with E-state index >= 15 is 0 Å². The SMILES string of the molecule is CCOC(=O)c1cccc(Oc2nc(C3CC3)ns2)c1. The van der Waals surface area contributed by atoms with Crippen molar-refractivity contribution in [3.05, 3.63) is 35.7 Å². The molecule has 0 radical (unpaired) electrons. The van der Waals surface area contributed by atoms with Crippen LogP contribution in [0, 0.1) is 0 Å². The van der Waals surface area contributed by atoms with Crippen LogP contribution < -0.4 is 4.74 Å². The van der Waals surface area contributed by atoms with E-state index in [9.17, 15) is 4.79 Å². The van der Waals surface area contributed by atoms with Crippen molar-refractivity contribution in [3.8, 4) is 10.9 Å². The average Bonchev–Trinajstić information content (AvgIpc) is 3.20. The maximum Gasteiger partial charge on any atom is 0.338 e. The number of esters is 1. The zero-order valence-electron chi connectivity index (χ0n) is 11.0. The van der Waals surface area contributed by atoms with E-state index in [1.165, 1.54) is 11.5 Å². The molecule has 0 bridgehead atoms. The molecule has 0 N–H and O–H groups in total. The second kappa shape index (κ2) is 5.58. The molecule has 1 heterocycles. The van der Waals surface area contributed by atoms with E-state index in [0.717, 1.165) is 18.7 Å². The fourth-order valence-electron chi connectivity index (χ4n) is 1.77. The van der Waals surface area contributed by atoms with Crippen LogP contribution in [0.1, 0.15) is 41.9 Å². The fourth-order valence-corrected chi connectivity index (χ4v) is 2.40. The highest BCUT2D eigenvalue weighted by Gasteiger charge is 2.28. The van der Waals surface area contributed by atoms with Gasteiger partial charge in [0, 0.05) is 17.5 Å². The summed E-state index contributed by atoms with van der Waals surface area (Å²) in [5.41, 5.74) is 0.469. The van der Waals surface area contributed by atoms with Gasteiger partial charge in [0.25, 0.3) is 5.19 Å². The van der Waals surface area contributed by atoms with Gasteiger partial charge in [-0.2, -0.15) is 9.36 Å². The predicted molar refractivity (Wildman–Crippen MR) is 74.4 cm³/mol. The van der Waals surface area contributed by atoms with Crippen molar-refractivity contribution >= 4 is 17.5 Å². The van der Waals surface area contributed by atoms with Crippen molar-refractivity contribution in [3.63, 3.8) is 0 Å². The van der Waals surface area contributed by atoms with E-state index in [0.29, 0.717) is 29.0 Å². The van der Waals surface area contributed by atoms with E-state index in [-0.39, 0.29) is 5.97 Å². The van der Waals surface area contributed by atoms with Crippen LogP contribution in [0.25, 0.3) is 0 Å². The highest BCUT2D eigenvalue weighted by molar-refractivity contribution is 7.07. The van der Waals surface area contributed by atoms with Crippen LogP contribution in [0.5, 0.6) is 10.9 Å².